The van der Waals surface area contributed by atoms with Crippen molar-refractivity contribution in [2.75, 3.05) is 0 Å². The van der Waals surface area contributed by atoms with Crippen molar-refractivity contribution in [2.24, 2.45) is 0 Å². The van der Waals surface area contributed by atoms with Gasteiger partial charge < -0.3 is 4.74 Å². The second-order valence-electron chi connectivity index (χ2n) is 3.78. The third kappa shape index (κ3) is 2.93. The molecule has 0 heterocycles. The van der Waals surface area contributed by atoms with Crippen LogP contribution in [0.2, 0.25) is 5.02 Å². The van der Waals surface area contributed by atoms with Crippen LogP contribution in [0.25, 0.3) is 0 Å². The van der Waals surface area contributed by atoms with Crippen LogP contribution < -0.4 is 4.74 Å². The monoisotopic (exact) mass is 266 g/mol. The summed E-state index contributed by atoms with van der Waals surface area (Å²) in [5.41, 5.74) is 2.03. The fourth-order valence-corrected chi connectivity index (χ4v) is 2.01. The first-order valence-electron chi connectivity index (χ1n) is 5.28. The van der Waals surface area contributed by atoms with Crippen LogP contribution in [-0.2, 0) is 5.88 Å². The summed E-state index contributed by atoms with van der Waals surface area (Å²) in [6.45, 7) is 2.02. The van der Waals surface area contributed by atoms with Crippen LogP contribution in [0.5, 0.6) is 11.5 Å². The lowest BCUT2D eigenvalue weighted by molar-refractivity contribution is 0.478. The second-order valence-corrected chi connectivity index (χ2v) is 4.45. The largest absolute Gasteiger partial charge is 0.455 e. The van der Waals surface area contributed by atoms with Crippen molar-refractivity contribution in [3.63, 3.8) is 0 Å². The van der Waals surface area contributed by atoms with Gasteiger partial charge in [-0.15, -0.1) is 11.6 Å². The first kappa shape index (κ1) is 12.3. The summed E-state index contributed by atoms with van der Waals surface area (Å²) in [7, 11) is 0. The van der Waals surface area contributed by atoms with E-state index in [1.807, 2.05) is 43.3 Å². The molecule has 0 atom stereocenters. The van der Waals surface area contributed by atoms with Gasteiger partial charge in [0.1, 0.15) is 11.5 Å². The Kier molecular flexibility index (Phi) is 3.93. The Balaban J connectivity index is 2.35. The van der Waals surface area contributed by atoms with E-state index in [-0.39, 0.29) is 0 Å². The average Bonchev–Trinajstić information content (AvgIpc) is 2.32. The fourth-order valence-electron chi connectivity index (χ4n) is 1.57. The second kappa shape index (κ2) is 5.44. The van der Waals surface area contributed by atoms with Gasteiger partial charge in [-0.3, -0.25) is 0 Å². The number of aryl methyl sites for hydroxylation is 1. The fraction of sp³-hybridized carbons (Fsp3) is 0.143. The predicted octanol–water partition coefficient (Wildman–Crippen LogP) is 5.18. The molecule has 0 aliphatic carbocycles. The molecule has 0 aliphatic rings. The molecular weight excluding hydrogens is 255 g/mol. The van der Waals surface area contributed by atoms with E-state index >= 15 is 0 Å². The van der Waals surface area contributed by atoms with Gasteiger partial charge in [-0.2, -0.15) is 0 Å². The van der Waals surface area contributed by atoms with Crippen molar-refractivity contribution in [3.8, 4) is 11.5 Å². The summed E-state index contributed by atoms with van der Waals surface area (Å²) in [6, 6.07) is 13.4. The van der Waals surface area contributed by atoms with Crippen LogP contribution >= 0.6 is 23.2 Å². The zero-order valence-corrected chi connectivity index (χ0v) is 10.9. The van der Waals surface area contributed by atoms with E-state index in [0.29, 0.717) is 16.7 Å². The van der Waals surface area contributed by atoms with Crippen molar-refractivity contribution in [1.29, 1.82) is 0 Å². The molecule has 0 radical (unpaired) electrons. The van der Waals surface area contributed by atoms with Gasteiger partial charge in [0.2, 0.25) is 0 Å². The Morgan fingerprint density at radius 3 is 2.59 bits per heavy atom. The molecule has 2 aromatic rings. The molecule has 17 heavy (non-hydrogen) atoms. The zero-order chi connectivity index (χ0) is 12.3. The summed E-state index contributed by atoms with van der Waals surface area (Å²) in [5, 5.41) is 0.574. The van der Waals surface area contributed by atoms with Gasteiger partial charge in [0.25, 0.3) is 0 Å². The molecule has 0 fully saturated rings. The quantitative estimate of drug-likeness (QED) is 0.696. The van der Waals surface area contributed by atoms with Crippen molar-refractivity contribution < 1.29 is 4.74 Å². The molecule has 0 unspecified atom stereocenters. The molecule has 2 rings (SSSR count). The summed E-state index contributed by atoms with van der Waals surface area (Å²) < 4.78 is 5.80. The highest BCUT2D eigenvalue weighted by atomic mass is 35.5. The van der Waals surface area contributed by atoms with E-state index in [2.05, 4.69) is 0 Å². The molecule has 0 saturated carbocycles. The van der Waals surface area contributed by atoms with E-state index in [9.17, 15) is 0 Å². The topological polar surface area (TPSA) is 9.23 Å². The standard InChI is InChI=1S/C14H12Cl2O/c1-10-4-2-6-12(8-10)17-14-11(9-15)5-3-7-13(14)16/h2-8H,9H2,1H3. The average molecular weight is 267 g/mol. The maximum Gasteiger partial charge on any atom is 0.150 e. The molecule has 0 amide bonds. The number of hydrogen-bond acceptors (Lipinski definition) is 1. The van der Waals surface area contributed by atoms with Crippen molar-refractivity contribution in [2.45, 2.75) is 12.8 Å². The molecule has 0 spiro atoms. The summed E-state index contributed by atoms with van der Waals surface area (Å²) in [4.78, 5) is 0. The number of halogens is 2. The smallest absolute Gasteiger partial charge is 0.150 e. The van der Waals surface area contributed by atoms with Crippen LogP contribution in [0.3, 0.4) is 0 Å². The van der Waals surface area contributed by atoms with E-state index < -0.39 is 0 Å². The van der Waals surface area contributed by atoms with Crippen molar-refractivity contribution in [3.05, 3.63) is 58.6 Å². The summed E-state index contributed by atoms with van der Waals surface area (Å²) in [5.74, 6) is 1.78. The number of hydrogen-bond donors (Lipinski definition) is 0. The maximum absolute atomic E-state index is 6.11. The number of ether oxygens (including phenoxy) is 1. The number of benzene rings is 2. The van der Waals surface area contributed by atoms with Crippen LogP contribution in [-0.4, -0.2) is 0 Å². The maximum atomic E-state index is 6.11. The highest BCUT2D eigenvalue weighted by molar-refractivity contribution is 6.32. The highest BCUT2D eigenvalue weighted by Crippen LogP contribution is 2.33. The molecule has 1 nitrogen and oxygen atoms in total. The molecule has 2 aromatic carbocycles. The van der Waals surface area contributed by atoms with Gasteiger partial charge >= 0.3 is 0 Å². The molecule has 0 aliphatic heterocycles. The molecular formula is C14H12Cl2O. The normalized spacial score (nSPS) is 10.3. The molecule has 0 saturated heterocycles. The molecule has 0 bridgehead atoms. The van der Waals surface area contributed by atoms with Gasteiger partial charge in [0.15, 0.2) is 0 Å². The van der Waals surface area contributed by atoms with Gasteiger partial charge in [0.05, 0.1) is 10.9 Å². The molecule has 0 N–H and O–H groups in total. The Hall–Kier alpha value is -1.18. The Labute approximate surface area is 111 Å². The Bertz CT molecular complexity index is 523. The molecule has 0 aromatic heterocycles. The third-order valence-electron chi connectivity index (χ3n) is 2.40. The van der Waals surface area contributed by atoms with Crippen molar-refractivity contribution >= 4 is 23.2 Å². The minimum absolute atomic E-state index is 0.377. The van der Waals surface area contributed by atoms with Crippen LogP contribution in [0.15, 0.2) is 42.5 Å². The molecule has 88 valence electrons. The summed E-state index contributed by atoms with van der Waals surface area (Å²) in [6.07, 6.45) is 0. The van der Waals surface area contributed by atoms with E-state index in [1.165, 1.54) is 0 Å². The first-order valence-corrected chi connectivity index (χ1v) is 6.20. The van der Waals surface area contributed by atoms with E-state index in [4.69, 9.17) is 27.9 Å². The zero-order valence-electron chi connectivity index (χ0n) is 9.41. The van der Waals surface area contributed by atoms with Gasteiger partial charge in [-0.05, 0) is 30.7 Å². The predicted molar refractivity (Wildman–Crippen MR) is 72.3 cm³/mol. The minimum atomic E-state index is 0.377. The number of para-hydroxylation sites is 1. The van der Waals surface area contributed by atoms with E-state index in [1.54, 1.807) is 6.07 Å². The summed E-state index contributed by atoms with van der Waals surface area (Å²) >= 11 is 12.0. The van der Waals surface area contributed by atoms with Crippen LogP contribution in [0.1, 0.15) is 11.1 Å². The first-order chi connectivity index (χ1) is 8.20. The highest BCUT2D eigenvalue weighted by Gasteiger charge is 2.08. The van der Waals surface area contributed by atoms with Crippen LogP contribution in [0, 0.1) is 6.92 Å². The van der Waals surface area contributed by atoms with Gasteiger partial charge in [-0.25, -0.2) is 0 Å². The van der Waals surface area contributed by atoms with Gasteiger partial charge in [0, 0.05) is 5.56 Å². The minimum Gasteiger partial charge on any atom is -0.455 e. The lowest BCUT2D eigenvalue weighted by Crippen LogP contribution is -1.91. The Morgan fingerprint density at radius 1 is 1.12 bits per heavy atom. The number of alkyl halides is 1. The number of rotatable bonds is 3. The Morgan fingerprint density at radius 2 is 1.88 bits per heavy atom. The molecule has 3 heteroatoms. The lowest BCUT2D eigenvalue weighted by Gasteiger charge is -2.11. The van der Waals surface area contributed by atoms with Crippen molar-refractivity contribution in [1.82, 2.24) is 0 Å². The third-order valence-corrected chi connectivity index (χ3v) is 2.99. The SMILES string of the molecule is Cc1cccc(Oc2c(Cl)cccc2CCl)c1. The van der Waals surface area contributed by atoms with Crippen LogP contribution in [0.4, 0.5) is 0 Å². The van der Waals surface area contributed by atoms with E-state index in [0.717, 1.165) is 16.9 Å². The lowest BCUT2D eigenvalue weighted by atomic mass is 10.2. The van der Waals surface area contributed by atoms with Gasteiger partial charge in [-0.1, -0.05) is 35.9 Å².